The van der Waals surface area contributed by atoms with Crippen molar-refractivity contribution in [1.29, 1.82) is 0 Å². The molecule has 134 valence electrons. The summed E-state index contributed by atoms with van der Waals surface area (Å²) < 4.78 is 23.9. The van der Waals surface area contributed by atoms with Gasteiger partial charge in [-0.05, 0) is 26.2 Å². The van der Waals surface area contributed by atoms with E-state index in [1.54, 1.807) is 0 Å². The van der Waals surface area contributed by atoms with Crippen LogP contribution in [0.5, 0.6) is 0 Å². The molecule has 0 aromatic heterocycles. The van der Waals surface area contributed by atoms with E-state index >= 15 is 0 Å². The molecule has 0 aliphatic carbocycles. The van der Waals surface area contributed by atoms with Gasteiger partial charge in [-0.25, -0.2) is 0 Å². The van der Waals surface area contributed by atoms with Crippen LogP contribution in [-0.2, 0) is 17.7 Å². The van der Waals surface area contributed by atoms with Crippen molar-refractivity contribution in [3.8, 4) is 0 Å². The highest BCUT2D eigenvalue weighted by Crippen LogP contribution is 2.15. The molecule has 5 heteroatoms. The third kappa shape index (κ3) is 11.6. The van der Waals surface area contributed by atoms with Crippen LogP contribution in [0, 0.1) is 0 Å². The molecule has 0 N–H and O–H groups in total. The quantitative estimate of drug-likeness (QED) is 0.274. The van der Waals surface area contributed by atoms with Gasteiger partial charge in [0.15, 0.2) is 0 Å². The minimum Gasteiger partial charge on any atom is -0.351 e. The molecule has 0 atom stereocenters. The zero-order valence-electron chi connectivity index (χ0n) is 15.3. The Morgan fingerprint density at radius 3 is 1.14 bits per heavy atom. The number of unbranched alkanes of at least 4 members (excludes halogenated alkanes) is 6. The Hall–Kier alpha value is 0.0569. The zero-order chi connectivity index (χ0) is 16.5. The molecule has 0 aromatic rings. The molecule has 4 nitrogen and oxygen atoms in total. The molecule has 0 fully saturated rings. The third-order valence-electron chi connectivity index (χ3n) is 3.40. The van der Waals surface area contributed by atoms with Gasteiger partial charge in [0.05, 0.1) is 0 Å². The minimum atomic E-state index is -2.95. The van der Waals surface area contributed by atoms with Crippen molar-refractivity contribution >= 4 is 9.05 Å². The summed E-state index contributed by atoms with van der Waals surface area (Å²) in [6.07, 6.45) is 10.2. The van der Waals surface area contributed by atoms with E-state index in [0.717, 1.165) is 19.3 Å². The first-order valence-corrected chi connectivity index (χ1v) is 10.9. The lowest BCUT2D eigenvalue weighted by Crippen LogP contribution is -2.50. The van der Waals surface area contributed by atoms with E-state index in [0.29, 0.717) is 26.4 Å². The van der Waals surface area contributed by atoms with Crippen LogP contribution in [-0.4, -0.2) is 35.5 Å². The van der Waals surface area contributed by atoms with Gasteiger partial charge in [0.1, 0.15) is 0 Å². The van der Waals surface area contributed by atoms with E-state index in [4.69, 9.17) is 17.7 Å². The summed E-state index contributed by atoms with van der Waals surface area (Å²) in [6, 6.07) is 0. The molecule has 0 aliphatic rings. The fraction of sp³-hybridized carbons (Fsp3) is 1.00. The van der Waals surface area contributed by atoms with Crippen LogP contribution in [0.1, 0.15) is 85.5 Å². The number of rotatable bonds is 17. The van der Waals surface area contributed by atoms with Crippen molar-refractivity contribution in [2.75, 3.05) is 26.4 Å². The molecule has 0 unspecified atom stereocenters. The second-order valence-electron chi connectivity index (χ2n) is 5.60. The van der Waals surface area contributed by atoms with Crippen molar-refractivity contribution in [3.05, 3.63) is 0 Å². The lowest BCUT2D eigenvalue weighted by molar-refractivity contribution is -0.0343. The first-order chi connectivity index (χ1) is 10.7. The predicted octanol–water partition coefficient (Wildman–Crippen LogP) is 5.08. The predicted molar refractivity (Wildman–Crippen MR) is 93.8 cm³/mol. The van der Waals surface area contributed by atoms with Gasteiger partial charge in [-0.15, -0.1) is 0 Å². The summed E-state index contributed by atoms with van der Waals surface area (Å²) >= 11 is 0. The summed E-state index contributed by atoms with van der Waals surface area (Å²) in [4.78, 5) is 0. The molecule has 0 spiro atoms. The third-order valence-corrected chi connectivity index (χ3v) is 5.72. The van der Waals surface area contributed by atoms with Crippen LogP contribution in [0.3, 0.4) is 0 Å². The highest BCUT2D eigenvalue weighted by molar-refractivity contribution is 6.53. The van der Waals surface area contributed by atoms with Gasteiger partial charge in [0.2, 0.25) is 0 Å². The standard InChI is InChI=1S/C17H38O4Si/c1-5-9-12-15-19-22(18-8-4,20-16-13-10-6-2)21-17-14-11-7-3/h5-17H2,1-4H3. The van der Waals surface area contributed by atoms with Crippen LogP contribution in [0.4, 0.5) is 0 Å². The maximum atomic E-state index is 6.00. The fourth-order valence-corrected chi connectivity index (χ4v) is 4.11. The van der Waals surface area contributed by atoms with E-state index in [1.807, 2.05) is 6.92 Å². The first-order valence-electron chi connectivity index (χ1n) is 9.30. The molecule has 22 heavy (non-hydrogen) atoms. The smallest absolute Gasteiger partial charge is 0.351 e. The van der Waals surface area contributed by atoms with Crippen LogP contribution < -0.4 is 0 Å². The summed E-state index contributed by atoms with van der Waals surface area (Å²) in [7, 11) is -2.95. The summed E-state index contributed by atoms with van der Waals surface area (Å²) in [5.74, 6) is 0. The monoisotopic (exact) mass is 334 g/mol. The SMILES string of the molecule is CCCCCO[Si](OCC)(OCCCCC)OCCCCC. The van der Waals surface area contributed by atoms with Crippen LogP contribution in [0.2, 0.25) is 0 Å². The maximum Gasteiger partial charge on any atom is 0.679 e. The molecule has 0 heterocycles. The van der Waals surface area contributed by atoms with Gasteiger partial charge in [0.25, 0.3) is 0 Å². The van der Waals surface area contributed by atoms with Gasteiger partial charge in [-0.3, -0.25) is 0 Å². The van der Waals surface area contributed by atoms with E-state index < -0.39 is 9.05 Å². The van der Waals surface area contributed by atoms with Gasteiger partial charge in [-0.2, -0.15) is 0 Å². The average molecular weight is 335 g/mol. The lowest BCUT2D eigenvalue weighted by atomic mass is 10.3. The Bertz CT molecular complexity index is 195. The van der Waals surface area contributed by atoms with Crippen LogP contribution in [0.15, 0.2) is 0 Å². The topological polar surface area (TPSA) is 36.9 Å². The second-order valence-corrected chi connectivity index (χ2v) is 7.75. The summed E-state index contributed by atoms with van der Waals surface area (Å²) in [6.45, 7) is 11.1. The van der Waals surface area contributed by atoms with Gasteiger partial charge >= 0.3 is 9.05 Å². The van der Waals surface area contributed by atoms with Crippen molar-refractivity contribution in [2.45, 2.75) is 85.5 Å². The highest BCUT2D eigenvalue weighted by atomic mass is 28.4. The molecule has 0 aliphatic heterocycles. The van der Waals surface area contributed by atoms with Crippen molar-refractivity contribution < 1.29 is 17.7 Å². The molecule has 0 rings (SSSR count). The van der Waals surface area contributed by atoms with Crippen molar-refractivity contribution in [1.82, 2.24) is 0 Å². The van der Waals surface area contributed by atoms with Crippen molar-refractivity contribution in [2.24, 2.45) is 0 Å². The van der Waals surface area contributed by atoms with E-state index in [-0.39, 0.29) is 0 Å². The molecular formula is C17H38O4Si. The Balaban J connectivity index is 4.39. The molecule has 0 bridgehead atoms. The molecule has 0 saturated carbocycles. The van der Waals surface area contributed by atoms with Gasteiger partial charge < -0.3 is 17.7 Å². The first kappa shape index (κ1) is 22.1. The van der Waals surface area contributed by atoms with Crippen LogP contribution in [0.25, 0.3) is 0 Å². The van der Waals surface area contributed by atoms with Gasteiger partial charge in [-0.1, -0.05) is 59.3 Å². The normalized spacial score (nSPS) is 12.0. The Morgan fingerprint density at radius 2 is 0.864 bits per heavy atom. The average Bonchev–Trinajstić information content (AvgIpc) is 2.53. The van der Waals surface area contributed by atoms with Crippen LogP contribution >= 0.6 is 0 Å². The largest absolute Gasteiger partial charge is 0.679 e. The maximum absolute atomic E-state index is 6.00. The summed E-state index contributed by atoms with van der Waals surface area (Å²) in [5, 5.41) is 0. The molecule has 0 radical (unpaired) electrons. The highest BCUT2D eigenvalue weighted by Gasteiger charge is 2.45. The van der Waals surface area contributed by atoms with Gasteiger partial charge in [0, 0.05) is 26.4 Å². The minimum absolute atomic E-state index is 0.571. The number of hydrogen-bond acceptors (Lipinski definition) is 4. The zero-order valence-corrected chi connectivity index (χ0v) is 16.3. The second kappa shape index (κ2) is 15.9. The number of hydrogen-bond donors (Lipinski definition) is 0. The molecule has 0 saturated heterocycles. The lowest BCUT2D eigenvalue weighted by Gasteiger charge is -2.28. The Labute approximate surface area is 139 Å². The van der Waals surface area contributed by atoms with E-state index in [1.165, 1.54) is 38.5 Å². The summed E-state index contributed by atoms with van der Waals surface area (Å²) in [5.41, 5.74) is 0. The van der Waals surface area contributed by atoms with Crippen molar-refractivity contribution in [3.63, 3.8) is 0 Å². The Morgan fingerprint density at radius 1 is 0.500 bits per heavy atom. The molecular weight excluding hydrogens is 296 g/mol. The molecule has 0 aromatic carbocycles. The van der Waals surface area contributed by atoms with E-state index in [2.05, 4.69) is 20.8 Å². The molecule has 0 amide bonds. The Kier molecular flexibility index (Phi) is 16.0. The van der Waals surface area contributed by atoms with E-state index in [9.17, 15) is 0 Å². The fourth-order valence-electron chi connectivity index (χ4n) is 2.07.